The van der Waals surface area contributed by atoms with Crippen LogP contribution in [0.5, 0.6) is 0 Å². The SMILES string of the molecule is CNC(=O)c1cc(-c2ccc(NC(=S)Nc3cc(C(F)(F)F)cc(C(F)(F)F)c3)cc2)nc2cccnc12. The summed E-state index contributed by atoms with van der Waals surface area (Å²) in [4.78, 5) is 21.1. The van der Waals surface area contributed by atoms with Gasteiger partial charge in [-0.05, 0) is 60.7 Å². The summed E-state index contributed by atoms with van der Waals surface area (Å²) in [5.41, 5.74) is -0.588. The van der Waals surface area contributed by atoms with E-state index in [0.717, 1.165) is 0 Å². The zero-order chi connectivity index (χ0) is 27.7. The van der Waals surface area contributed by atoms with E-state index in [4.69, 9.17) is 12.2 Å². The fraction of sp³-hybridized carbons (Fsp3) is 0.120. The van der Waals surface area contributed by atoms with Gasteiger partial charge in [0, 0.05) is 30.2 Å². The Bertz CT molecular complexity index is 1490. The highest BCUT2D eigenvalue weighted by atomic mass is 32.1. The Hall–Kier alpha value is -4.26. The number of carbonyl (C=O) groups excluding carboxylic acids is 1. The Labute approximate surface area is 217 Å². The molecule has 38 heavy (non-hydrogen) atoms. The summed E-state index contributed by atoms with van der Waals surface area (Å²) in [6.45, 7) is 0. The lowest BCUT2D eigenvalue weighted by molar-refractivity contribution is -0.143. The molecule has 0 saturated carbocycles. The highest BCUT2D eigenvalue weighted by Gasteiger charge is 2.37. The molecule has 0 aliphatic rings. The number of amides is 1. The van der Waals surface area contributed by atoms with Crippen molar-refractivity contribution in [2.45, 2.75) is 12.4 Å². The van der Waals surface area contributed by atoms with Crippen molar-refractivity contribution in [2.24, 2.45) is 0 Å². The smallest absolute Gasteiger partial charge is 0.355 e. The molecule has 4 aromatic rings. The zero-order valence-electron chi connectivity index (χ0n) is 19.3. The molecule has 0 bridgehead atoms. The van der Waals surface area contributed by atoms with Gasteiger partial charge in [-0.15, -0.1) is 0 Å². The molecule has 13 heteroatoms. The van der Waals surface area contributed by atoms with Gasteiger partial charge in [-0.2, -0.15) is 26.3 Å². The van der Waals surface area contributed by atoms with Crippen molar-refractivity contribution in [3.05, 3.63) is 83.6 Å². The first-order valence-electron chi connectivity index (χ1n) is 10.8. The number of carbonyl (C=O) groups is 1. The van der Waals surface area contributed by atoms with E-state index in [1.165, 1.54) is 7.05 Å². The van der Waals surface area contributed by atoms with Gasteiger partial charge in [0.1, 0.15) is 5.52 Å². The quantitative estimate of drug-likeness (QED) is 0.199. The van der Waals surface area contributed by atoms with Gasteiger partial charge in [0.15, 0.2) is 5.11 Å². The maximum absolute atomic E-state index is 13.1. The molecule has 0 atom stereocenters. The Kier molecular flexibility index (Phi) is 7.22. The van der Waals surface area contributed by atoms with Crippen molar-refractivity contribution >= 4 is 45.6 Å². The average Bonchev–Trinajstić information content (AvgIpc) is 2.86. The van der Waals surface area contributed by atoms with Crippen LogP contribution in [-0.2, 0) is 12.4 Å². The van der Waals surface area contributed by atoms with E-state index in [-0.39, 0.29) is 17.1 Å². The van der Waals surface area contributed by atoms with E-state index in [2.05, 4.69) is 25.9 Å². The molecule has 4 rings (SSSR count). The average molecular weight is 550 g/mol. The molecule has 3 N–H and O–H groups in total. The van der Waals surface area contributed by atoms with Crippen molar-refractivity contribution in [1.82, 2.24) is 15.3 Å². The third kappa shape index (κ3) is 5.99. The third-order valence-corrected chi connectivity index (χ3v) is 5.52. The minimum absolute atomic E-state index is 0.0345. The molecule has 196 valence electrons. The summed E-state index contributed by atoms with van der Waals surface area (Å²) in [5, 5.41) is 7.42. The van der Waals surface area contributed by atoms with Gasteiger partial charge >= 0.3 is 12.4 Å². The van der Waals surface area contributed by atoms with Crippen LogP contribution in [-0.4, -0.2) is 28.0 Å². The topological polar surface area (TPSA) is 78.9 Å². The van der Waals surface area contributed by atoms with Crippen LogP contribution in [0.25, 0.3) is 22.3 Å². The Morgan fingerprint density at radius 2 is 1.45 bits per heavy atom. The third-order valence-electron chi connectivity index (χ3n) is 5.32. The van der Waals surface area contributed by atoms with Gasteiger partial charge in [-0.1, -0.05) is 12.1 Å². The van der Waals surface area contributed by atoms with Gasteiger partial charge in [0.25, 0.3) is 5.91 Å². The molecule has 0 fully saturated rings. The number of halogens is 6. The molecule has 0 aliphatic carbocycles. The Morgan fingerprint density at radius 1 is 0.842 bits per heavy atom. The predicted molar refractivity (Wildman–Crippen MR) is 135 cm³/mol. The van der Waals surface area contributed by atoms with E-state index in [0.29, 0.717) is 45.7 Å². The van der Waals surface area contributed by atoms with E-state index in [9.17, 15) is 31.1 Å². The molecule has 0 spiro atoms. The minimum atomic E-state index is -4.98. The summed E-state index contributed by atoms with van der Waals surface area (Å²) in [6.07, 6.45) is -8.41. The molecule has 6 nitrogen and oxygen atoms in total. The maximum atomic E-state index is 13.1. The molecule has 0 saturated heterocycles. The lowest BCUT2D eigenvalue weighted by atomic mass is 10.1. The normalized spacial score (nSPS) is 11.8. The fourth-order valence-electron chi connectivity index (χ4n) is 3.56. The van der Waals surface area contributed by atoms with Crippen molar-refractivity contribution < 1.29 is 31.1 Å². The van der Waals surface area contributed by atoms with Gasteiger partial charge in [0.05, 0.1) is 27.9 Å². The number of thiocarbonyl (C=S) groups is 1. The van der Waals surface area contributed by atoms with Crippen LogP contribution in [0.1, 0.15) is 21.5 Å². The maximum Gasteiger partial charge on any atom is 0.416 e. The molecule has 2 aromatic carbocycles. The number of hydrogen-bond acceptors (Lipinski definition) is 4. The minimum Gasteiger partial charge on any atom is -0.355 e. The second-order valence-corrected chi connectivity index (χ2v) is 8.36. The molecule has 0 radical (unpaired) electrons. The van der Waals surface area contributed by atoms with Crippen LogP contribution < -0.4 is 16.0 Å². The number of benzene rings is 2. The van der Waals surface area contributed by atoms with Crippen LogP contribution in [0, 0.1) is 0 Å². The van der Waals surface area contributed by atoms with E-state index >= 15 is 0 Å². The number of pyridine rings is 2. The van der Waals surface area contributed by atoms with Gasteiger partial charge < -0.3 is 16.0 Å². The van der Waals surface area contributed by atoms with Crippen LogP contribution in [0.2, 0.25) is 0 Å². The second-order valence-electron chi connectivity index (χ2n) is 7.96. The van der Waals surface area contributed by atoms with E-state index in [1.807, 2.05) is 0 Å². The lowest BCUT2D eigenvalue weighted by Gasteiger charge is -2.16. The number of nitrogens with one attached hydrogen (secondary N) is 3. The van der Waals surface area contributed by atoms with Crippen molar-refractivity contribution in [2.75, 3.05) is 17.7 Å². The van der Waals surface area contributed by atoms with Gasteiger partial charge in [0.2, 0.25) is 0 Å². The molecular weight excluding hydrogens is 532 g/mol. The summed E-state index contributed by atoms with van der Waals surface area (Å²) >= 11 is 5.08. The molecule has 2 aromatic heterocycles. The van der Waals surface area contributed by atoms with E-state index < -0.39 is 29.2 Å². The highest BCUT2D eigenvalue weighted by Crippen LogP contribution is 2.37. The van der Waals surface area contributed by atoms with Crippen molar-refractivity contribution in [3.63, 3.8) is 0 Å². The van der Waals surface area contributed by atoms with Crippen LogP contribution >= 0.6 is 12.2 Å². The van der Waals surface area contributed by atoms with Crippen molar-refractivity contribution in [1.29, 1.82) is 0 Å². The number of fused-ring (bicyclic) bond motifs is 1. The van der Waals surface area contributed by atoms with Crippen molar-refractivity contribution in [3.8, 4) is 11.3 Å². The summed E-state index contributed by atoms with van der Waals surface area (Å²) < 4.78 is 78.6. The summed E-state index contributed by atoms with van der Waals surface area (Å²) in [6, 6.07) is 12.6. The summed E-state index contributed by atoms with van der Waals surface area (Å²) in [7, 11) is 1.50. The number of hydrogen-bond donors (Lipinski definition) is 3. The number of alkyl halides is 6. The highest BCUT2D eigenvalue weighted by molar-refractivity contribution is 7.80. The fourth-order valence-corrected chi connectivity index (χ4v) is 3.80. The molecular formula is C25H17F6N5OS. The first kappa shape index (κ1) is 26.8. The van der Waals surface area contributed by atoms with E-state index in [1.54, 1.807) is 48.7 Å². The Balaban J connectivity index is 1.55. The largest absolute Gasteiger partial charge is 0.416 e. The Morgan fingerprint density at radius 3 is 2.03 bits per heavy atom. The number of aromatic nitrogens is 2. The van der Waals surface area contributed by atoms with Crippen LogP contribution in [0.15, 0.2) is 66.9 Å². The first-order valence-corrected chi connectivity index (χ1v) is 11.2. The number of rotatable bonds is 4. The molecule has 0 unspecified atom stereocenters. The van der Waals surface area contributed by atoms with Gasteiger partial charge in [-0.3, -0.25) is 9.78 Å². The van der Waals surface area contributed by atoms with Crippen LogP contribution in [0.4, 0.5) is 37.7 Å². The number of nitrogens with zero attached hydrogens (tertiary/aromatic N) is 2. The first-order chi connectivity index (χ1) is 17.8. The molecule has 1 amide bonds. The number of anilines is 2. The summed E-state index contributed by atoms with van der Waals surface area (Å²) in [5.74, 6) is -0.338. The molecule has 0 aliphatic heterocycles. The second kappa shape index (κ2) is 10.2. The molecule has 2 heterocycles. The monoisotopic (exact) mass is 549 g/mol. The zero-order valence-corrected chi connectivity index (χ0v) is 20.1. The predicted octanol–water partition coefficient (Wildman–Crippen LogP) is 6.50. The lowest BCUT2D eigenvalue weighted by Crippen LogP contribution is -2.20. The van der Waals surface area contributed by atoms with Crippen LogP contribution in [0.3, 0.4) is 0 Å². The standard InChI is InChI=1S/C25H17F6N5OS/c1-32-22(37)18-12-20(36-19-3-2-8-33-21(18)19)13-4-6-16(7-5-13)34-23(38)35-17-10-14(24(26,27)28)9-15(11-17)25(29,30)31/h2-12H,1H3,(H,32,37)(H2,34,35,38). The van der Waals surface area contributed by atoms with Gasteiger partial charge in [-0.25, -0.2) is 4.98 Å².